The van der Waals surface area contributed by atoms with E-state index >= 15 is 0 Å². The highest BCUT2D eigenvalue weighted by atomic mass is 32.2. The van der Waals surface area contributed by atoms with Gasteiger partial charge in [0.1, 0.15) is 17.6 Å². The number of nitrogens with two attached hydrogens (primary N) is 1. The predicted molar refractivity (Wildman–Crippen MR) is 199 cm³/mol. The van der Waals surface area contributed by atoms with Gasteiger partial charge in [0.2, 0.25) is 33.7 Å². The number of allylic oxidation sites excluding steroid dienone is 2. The number of imidazole rings is 1. The zero-order chi connectivity index (χ0) is 37.2. The molecule has 5 N–H and O–H groups in total. The highest BCUT2D eigenvalue weighted by Gasteiger charge is 2.52. The number of carbonyl (C=O) groups is 3. The molecule has 2 aromatic carbocycles. The Morgan fingerprint density at radius 2 is 1.81 bits per heavy atom. The number of primary amides is 1. The molecule has 6 rings (SSSR count). The van der Waals surface area contributed by atoms with Crippen molar-refractivity contribution < 1.29 is 27.2 Å². The van der Waals surface area contributed by atoms with Gasteiger partial charge >= 0.3 is 0 Å². The molecule has 3 aromatic rings. The number of para-hydroxylation sites is 2. The van der Waals surface area contributed by atoms with Crippen LogP contribution < -0.4 is 21.1 Å². The number of fused-ring (bicyclic) bond motifs is 1. The van der Waals surface area contributed by atoms with Crippen LogP contribution in [0.25, 0.3) is 11.0 Å². The molecule has 280 valence electrons. The molecule has 3 fully saturated rings. The molecule has 52 heavy (non-hydrogen) atoms. The van der Waals surface area contributed by atoms with E-state index < -0.39 is 44.5 Å². The molecule has 12 nitrogen and oxygen atoms in total. The third-order valence-electron chi connectivity index (χ3n) is 10.6. The van der Waals surface area contributed by atoms with Crippen LogP contribution in [0.2, 0.25) is 0 Å². The van der Waals surface area contributed by atoms with Crippen molar-refractivity contribution in [1.29, 1.82) is 0 Å². The van der Waals surface area contributed by atoms with Crippen LogP contribution in [0.4, 0.5) is 16.0 Å². The number of anilines is 2. The Labute approximate surface area is 304 Å². The number of amides is 3. The van der Waals surface area contributed by atoms with E-state index in [-0.39, 0.29) is 41.9 Å². The Hall–Kier alpha value is -4.46. The van der Waals surface area contributed by atoms with Crippen LogP contribution in [0.15, 0.2) is 60.7 Å². The Kier molecular flexibility index (Phi) is 10.9. The quantitative estimate of drug-likeness (QED) is 0.108. The first-order valence-corrected chi connectivity index (χ1v) is 19.8. The monoisotopic (exact) mass is 735 g/mol. The van der Waals surface area contributed by atoms with Crippen molar-refractivity contribution in [2.75, 3.05) is 17.2 Å². The van der Waals surface area contributed by atoms with Crippen LogP contribution in [-0.2, 0) is 24.4 Å². The molecule has 5 atom stereocenters. The Morgan fingerprint density at radius 3 is 2.50 bits per heavy atom. The van der Waals surface area contributed by atoms with E-state index in [1.165, 1.54) is 6.07 Å². The van der Waals surface area contributed by atoms with Gasteiger partial charge in [-0.2, -0.15) is 0 Å². The summed E-state index contributed by atoms with van der Waals surface area (Å²) in [5, 5.41) is 6.77. The number of nitrogens with one attached hydrogen (secondary N) is 3. The maximum Gasteiger partial charge on any atom is 0.245 e. The number of halogens is 1. The Bertz CT molecular complexity index is 1930. The molecule has 2 aliphatic carbocycles. The fraction of sp³-hybridized carbons (Fsp3) is 0.526. The number of hydrogen-bond acceptors (Lipinski definition) is 8. The normalized spacial score (nSPS) is 22.8. The number of sulfonamides is 1. The van der Waals surface area contributed by atoms with Crippen molar-refractivity contribution in [2.45, 2.75) is 107 Å². The standard InChI is InChI=1S/C38H50FN7O5S/c1-24(2)46-31-18-12-16-29(39)33(31)43-37(46)42-27-22-32(34(40)47)45(23-27)36(49)30(41-26-14-9-7-10-15-26)17-11-6-4-5-8-13-25-21-28(25)35(48)44-52(50,51)38(3)19-20-38/h7-10,12-16,18,24-25,27-28,30,32,41H,4-6,11,17,19-23H2,1-3H3,(H2,40,47)(H,42,43)(H,44,48)/b13-8-/t25-,27?,28+,30+,32+/m1/s1. The second-order valence-corrected chi connectivity index (χ2v) is 17.2. The fourth-order valence-corrected chi connectivity index (χ4v) is 8.40. The van der Waals surface area contributed by atoms with Crippen molar-refractivity contribution >= 4 is 50.4 Å². The molecule has 0 bridgehead atoms. The smallest absolute Gasteiger partial charge is 0.245 e. The number of rotatable bonds is 17. The summed E-state index contributed by atoms with van der Waals surface area (Å²) >= 11 is 0. The molecule has 3 amide bonds. The second-order valence-electron chi connectivity index (χ2n) is 15.0. The van der Waals surface area contributed by atoms with Gasteiger partial charge in [0, 0.05) is 30.2 Å². The minimum Gasteiger partial charge on any atom is -0.374 e. The van der Waals surface area contributed by atoms with Crippen molar-refractivity contribution in [1.82, 2.24) is 19.2 Å². The molecule has 0 radical (unpaired) electrons. The molecule has 14 heteroatoms. The van der Waals surface area contributed by atoms with Crippen molar-refractivity contribution in [2.24, 2.45) is 17.6 Å². The average molecular weight is 736 g/mol. The number of likely N-dealkylation sites (tertiary alicyclic amines) is 1. The number of aromatic nitrogens is 2. The second kappa shape index (κ2) is 15.3. The zero-order valence-corrected chi connectivity index (χ0v) is 30.9. The van der Waals surface area contributed by atoms with Crippen molar-refractivity contribution in [3.8, 4) is 0 Å². The summed E-state index contributed by atoms with van der Waals surface area (Å²) in [6.07, 6.45) is 10.0. The predicted octanol–water partition coefficient (Wildman–Crippen LogP) is 5.25. The van der Waals surface area contributed by atoms with Crippen LogP contribution in [0.3, 0.4) is 0 Å². The first-order chi connectivity index (χ1) is 24.8. The van der Waals surface area contributed by atoms with Crippen LogP contribution in [0.5, 0.6) is 0 Å². The average Bonchev–Trinajstić information content (AvgIpc) is 3.97. The lowest BCUT2D eigenvalue weighted by Gasteiger charge is -2.28. The molecule has 2 heterocycles. The summed E-state index contributed by atoms with van der Waals surface area (Å²) in [5.41, 5.74) is 7.57. The number of benzene rings is 2. The minimum absolute atomic E-state index is 0.0194. The Balaban J connectivity index is 1.04. The van der Waals surface area contributed by atoms with E-state index in [1.54, 1.807) is 17.9 Å². The van der Waals surface area contributed by atoms with Crippen molar-refractivity contribution in [3.63, 3.8) is 0 Å². The SMILES string of the molecule is CC(C)n1c(NC2C[C@@H](C(N)=O)N(C(=O)[C@H](CCCCC/C=C\[C@@H]3C[C@@H]3C(=O)NS(=O)(=O)C3(C)CC3)Nc3ccccc3)C2)nc2c(F)cccc21. The van der Waals surface area contributed by atoms with Crippen LogP contribution in [0.1, 0.15) is 84.6 Å². The highest BCUT2D eigenvalue weighted by Crippen LogP contribution is 2.44. The van der Waals surface area contributed by atoms with Gasteiger partial charge in [0.05, 0.1) is 10.3 Å². The van der Waals surface area contributed by atoms with Gasteiger partial charge in [0.15, 0.2) is 5.82 Å². The first kappa shape index (κ1) is 37.3. The molecule has 1 saturated heterocycles. The summed E-state index contributed by atoms with van der Waals surface area (Å²) in [6.45, 7) is 5.87. The Morgan fingerprint density at radius 1 is 1.06 bits per heavy atom. The topological polar surface area (TPSA) is 169 Å². The van der Waals surface area contributed by atoms with E-state index in [0.717, 1.165) is 31.4 Å². The minimum atomic E-state index is -3.62. The first-order valence-electron chi connectivity index (χ1n) is 18.3. The van der Waals surface area contributed by atoms with Crippen molar-refractivity contribution in [3.05, 3.63) is 66.5 Å². The lowest BCUT2D eigenvalue weighted by molar-refractivity contribution is -0.138. The van der Waals surface area contributed by atoms with E-state index in [9.17, 15) is 27.2 Å². The molecular formula is C38H50FN7O5S. The molecule has 2 saturated carbocycles. The summed E-state index contributed by atoms with van der Waals surface area (Å²) in [5.74, 6) is -1.39. The number of carbonyl (C=O) groups excluding carboxylic acids is 3. The van der Waals surface area contributed by atoms with Gasteiger partial charge in [-0.1, -0.05) is 49.3 Å². The molecular weight excluding hydrogens is 686 g/mol. The van der Waals surface area contributed by atoms with Gasteiger partial charge in [0.25, 0.3) is 0 Å². The molecule has 1 aliphatic heterocycles. The maximum absolute atomic E-state index is 14.6. The largest absolute Gasteiger partial charge is 0.374 e. The van der Waals surface area contributed by atoms with Crippen LogP contribution in [-0.4, -0.2) is 70.0 Å². The fourth-order valence-electron chi connectivity index (χ4n) is 7.10. The lowest BCUT2D eigenvalue weighted by atomic mass is 10.0. The third-order valence-corrected chi connectivity index (χ3v) is 12.8. The van der Waals surface area contributed by atoms with Gasteiger partial charge < -0.3 is 25.8 Å². The van der Waals surface area contributed by atoms with Gasteiger partial charge in [-0.25, -0.2) is 17.8 Å². The van der Waals surface area contributed by atoms with Gasteiger partial charge in [-0.05, 0) is 95.9 Å². The summed E-state index contributed by atoms with van der Waals surface area (Å²) in [6, 6.07) is 12.6. The molecule has 1 aromatic heterocycles. The van der Waals surface area contributed by atoms with E-state index in [1.807, 2.05) is 60.9 Å². The third kappa shape index (κ3) is 8.27. The van der Waals surface area contributed by atoms with Gasteiger partial charge in [-0.15, -0.1) is 0 Å². The number of hydrogen-bond donors (Lipinski definition) is 4. The zero-order valence-electron chi connectivity index (χ0n) is 30.1. The van der Waals surface area contributed by atoms with Gasteiger partial charge in [-0.3, -0.25) is 19.1 Å². The number of unbranched alkanes of at least 4 members (excludes halogenated alkanes) is 3. The van der Waals surface area contributed by atoms with Crippen LogP contribution in [0, 0.1) is 17.7 Å². The summed E-state index contributed by atoms with van der Waals surface area (Å²) < 4.78 is 42.8. The maximum atomic E-state index is 14.6. The molecule has 0 spiro atoms. The molecule has 3 aliphatic rings. The molecule has 1 unspecified atom stereocenters. The van der Waals surface area contributed by atoms with E-state index in [4.69, 9.17) is 5.73 Å². The van der Waals surface area contributed by atoms with Crippen LogP contribution >= 0.6 is 0 Å². The van der Waals surface area contributed by atoms with E-state index in [2.05, 4.69) is 26.4 Å². The highest BCUT2D eigenvalue weighted by molar-refractivity contribution is 7.91. The summed E-state index contributed by atoms with van der Waals surface area (Å²) in [4.78, 5) is 45.4. The lowest BCUT2D eigenvalue weighted by Crippen LogP contribution is -2.49. The number of nitrogens with zero attached hydrogens (tertiary/aromatic N) is 3. The summed E-state index contributed by atoms with van der Waals surface area (Å²) in [7, 11) is -3.62. The van der Waals surface area contributed by atoms with E-state index in [0.29, 0.717) is 43.6 Å².